The number of hydrogen-bond acceptors (Lipinski definition) is 12. The Morgan fingerprint density at radius 3 is 1.00 bits per heavy atom. The largest absolute Gasteiger partial charge is 0.458 e. The second-order valence-electron chi connectivity index (χ2n) is 14.9. The molecule has 0 saturated heterocycles. The zero-order valence-corrected chi connectivity index (χ0v) is 36.4. The van der Waals surface area contributed by atoms with Crippen LogP contribution in [0.3, 0.4) is 0 Å². The minimum Gasteiger partial charge on any atom is -0.458 e. The molecule has 0 radical (unpaired) electrons. The molecule has 0 aliphatic carbocycles. The summed E-state index contributed by atoms with van der Waals surface area (Å²) in [7, 11) is 1.54. The molecule has 4 aromatic rings. The number of benzene rings is 4. The minimum atomic E-state index is -0.671. The zero-order valence-electron chi connectivity index (χ0n) is 36.4. The molecule has 4 aromatic carbocycles. The Hall–Kier alpha value is -6.91. The number of carbonyl (C=O) groups is 5. The van der Waals surface area contributed by atoms with E-state index in [4.69, 9.17) is 33.2 Å². The van der Waals surface area contributed by atoms with Crippen LogP contribution in [0.15, 0.2) is 109 Å². The SMILES string of the molecule is C=C(C)C(=O)OCC(C)OC(=O)Nc1ccc(Cc2ccc(NC(=O)OC(C)COCC(C)OC(=O)Nc3ccc(Cc4ccc(NC(=O)OC(C)COC)cc4)cc3)cc2)cc1. The topological polar surface area (TPSA) is 198 Å². The van der Waals surface area contributed by atoms with Crippen LogP contribution in [0.4, 0.5) is 41.9 Å². The molecule has 4 unspecified atom stereocenters. The van der Waals surface area contributed by atoms with Crippen molar-refractivity contribution < 1.29 is 57.1 Å². The fraction of sp³-hybridized carbons (Fsp3) is 0.340. The van der Waals surface area contributed by atoms with Crippen molar-refractivity contribution in [3.8, 4) is 0 Å². The van der Waals surface area contributed by atoms with Crippen molar-refractivity contribution in [3.63, 3.8) is 0 Å². The lowest BCUT2D eigenvalue weighted by Crippen LogP contribution is -2.28. The van der Waals surface area contributed by atoms with E-state index in [9.17, 15) is 24.0 Å². The molecule has 4 amide bonds. The zero-order chi connectivity index (χ0) is 45.7. The maximum atomic E-state index is 12.5. The molecule has 0 spiro atoms. The predicted molar refractivity (Wildman–Crippen MR) is 238 cm³/mol. The molecule has 0 aliphatic heterocycles. The van der Waals surface area contributed by atoms with Crippen LogP contribution in [0.5, 0.6) is 0 Å². The molecule has 0 heterocycles. The van der Waals surface area contributed by atoms with Crippen molar-refractivity contribution in [3.05, 3.63) is 131 Å². The lowest BCUT2D eigenvalue weighted by Gasteiger charge is -2.17. The molecule has 4 rings (SSSR count). The Morgan fingerprint density at radius 1 is 0.460 bits per heavy atom. The summed E-state index contributed by atoms with van der Waals surface area (Å²) in [6, 6.07) is 29.4. The fourth-order valence-electron chi connectivity index (χ4n) is 5.70. The average Bonchev–Trinajstić information content (AvgIpc) is 3.22. The van der Waals surface area contributed by atoms with E-state index in [0.717, 1.165) is 22.3 Å². The summed E-state index contributed by atoms with van der Waals surface area (Å²) in [4.78, 5) is 60.8. The first-order chi connectivity index (χ1) is 30.1. The summed E-state index contributed by atoms with van der Waals surface area (Å²) < 4.78 is 36.9. The van der Waals surface area contributed by atoms with Crippen LogP contribution in [0.25, 0.3) is 0 Å². The Kier molecular flexibility index (Phi) is 19.4. The first kappa shape index (κ1) is 48.8. The van der Waals surface area contributed by atoms with Gasteiger partial charge in [-0.25, -0.2) is 24.0 Å². The molecule has 16 nitrogen and oxygen atoms in total. The molecular weight excluding hydrogens is 813 g/mol. The lowest BCUT2D eigenvalue weighted by atomic mass is 10.0. The molecule has 4 atom stereocenters. The summed E-state index contributed by atoms with van der Waals surface area (Å²) in [5, 5.41) is 10.8. The number of rotatable bonds is 21. The second kappa shape index (κ2) is 25.1. The quantitative estimate of drug-likeness (QED) is 0.0353. The van der Waals surface area contributed by atoms with Gasteiger partial charge < -0.3 is 33.2 Å². The number of anilines is 4. The normalized spacial score (nSPS) is 12.6. The predicted octanol–water partition coefficient (Wildman–Crippen LogP) is 9.10. The first-order valence-corrected chi connectivity index (χ1v) is 20.3. The number of carbonyl (C=O) groups excluding carboxylic acids is 5. The molecule has 0 bridgehead atoms. The van der Waals surface area contributed by atoms with E-state index in [-0.39, 0.29) is 31.5 Å². The van der Waals surface area contributed by atoms with Crippen molar-refractivity contribution in [1.29, 1.82) is 0 Å². The van der Waals surface area contributed by atoms with Crippen LogP contribution in [0.1, 0.15) is 56.9 Å². The van der Waals surface area contributed by atoms with E-state index < -0.39 is 48.7 Å². The summed E-state index contributed by atoms with van der Waals surface area (Å²) in [6.07, 6.45) is -3.39. The first-order valence-electron chi connectivity index (χ1n) is 20.3. The highest BCUT2D eigenvalue weighted by atomic mass is 16.6. The Morgan fingerprint density at radius 2 is 0.730 bits per heavy atom. The average molecular weight is 869 g/mol. The van der Waals surface area contributed by atoms with E-state index in [1.807, 2.05) is 48.5 Å². The number of ether oxygens (including phenoxy) is 7. The van der Waals surface area contributed by atoms with Crippen LogP contribution < -0.4 is 21.3 Å². The van der Waals surface area contributed by atoms with E-state index in [1.165, 1.54) is 6.92 Å². The van der Waals surface area contributed by atoms with Gasteiger partial charge in [-0.15, -0.1) is 0 Å². The highest BCUT2D eigenvalue weighted by Crippen LogP contribution is 2.19. The van der Waals surface area contributed by atoms with Crippen molar-refractivity contribution >= 4 is 53.1 Å². The smallest absolute Gasteiger partial charge is 0.412 e. The van der Waals surface area contributed by atoms with Gasteiger partial charge in [-0.2, -0.15) is 0 Å². The van der Waals surface area contributed by atoms with E-state index in [2.05, 4.69) is 27.8 Å². The molecule has 0 aliphatic rings. The van der Waals surface area contributed by atoms with Gasteiger partial charge in [-0.1, -0.05) is 55.1 Å². The number of methoxy groups -OCH3 is 1. The molecule has 63 heavy (non-hydrogen) atoms. The third kappa shape index (κ3) is 18.7. The Bertz CT molecular complexity index is 2110. The van der Waals surface area contributed by atoms with E-state index in [1.54, 1.807) is 83.3 Å². The van der Waals surface area contributed by atoms with E-state index >= 15 is 0 Å². The van der Waals surface area contributed by atoms with Gasteiger partial charge in [0.05, 0.1) is 19.8 Å². The summed E-state index contributed by atoms with van der Waals surface area (Å²) in [6.45, 7) is 12.2. The molecule has 4 N–H and O–H groups in total. The fourth-order valence-corrected chi connectivity index (χ4v) is 5.70. The molecule has 16 heteroatoms. The van der Waals surface area contributed by atoms with E-state index in [0.29, 0.717) is 42.2 Å². The highest BCUT2D eigenvalue weighted by Gasteiger charge is 2.16. The molecular formula is C47H56N4O12. The molecule has 0 fully saturated rings. The van der Waals surface area contributed by atoms with Crippen molar-refractivity contribution in [2.24, 2.45) is 0 Å². The van der Waals surface area contributed by atoms with Crippen molar-refractivity contribution in [2.45, 2.75) is 71.9 Å². The van der Waals surface area contributed by atoms with Gasteiger partial charge in [0.2, 0.25) is 0 Å². The third-order valence-electron chi connectivity index (χ3n) is 8.75. The van der Waals surface area contributed by atoms with Crippen LogP contribution >= 0.6 is 0 Å². The number of amides is 4. The van der Waals surface area contributed by atoms with Gasteiger partial charge >= 0.3 is 30.3 Å². The maximum absolute atomic E-state index is 12.5. The third-order valence-corrected chi connectivity index (χ3v) is 8.75. The van der Waals surface area contributed by atoms with Gasteiger partial charge in [0, 0.05) is 35.4 Å². The van der Waals surface area contributed by atoms with Gasteiger partial charge in [0.15, 0.2) is 0 Å². The number of hydrogen-bond donors (Lipinski definition) is 4. The van der Waals surface area contributed by atoms with Crippen LogP contribution in [-0.2, 0) is 50.8 Å². The summed E-state index contributed by atoms with van der Waals surface area (Å²) in [5.41, 5.74) is 6.59. The Labute approximate surface area is 367 Å². The standard InChI is InChI=1S/C47H56N4O12/c1-30(2)43(52)59-29-34(6)63-47(56)51-42-22-14-38(15-23-42)25-37-12-20-41(21-13-37)50-46(55)62-33(5)28-58-27-32(4)61-45(54)49-40-18-10-36(11-19-40)24-35-8-16-39(17-9-35)48-44(53)60-31(3)26-57-7/h8-23,31-34H,1,24-29H2,2-7H3,(H,48,53)(H,49,54)(H,50,55)(H,51,56). The van der Waals surface area contributed by atoms with Gasteiger partial charge in [0.25, 0.3) is 0 Å². The molecule has 0 aromatic heterocycles. The van der Waals surface area contributed by atoms with Crippen LogP contribution in [-0.4, -0.2) is 88.3 Å². The van der Waals surface area contributed by atoms with Crippen LogP contribution in [0, 0.1) is 0 Å². The Balaban J connectivity index is 1.08. The summed E-state index contributed by atoms with van der Waals surface area (Å²) >= 11 is 0. The number of nitrogens with one attached hydrogen (secondary N) is 4. The van der Waals surface area contributed by atoms with Gasteiger partial charge in [0.1, 0.15) is 31.0 Å². The maximum Gasteiger partial charge on any atom is 0.412 e. The van der Waals surface area contributed by atoms with Crippen molar-refractivity contribution in [2.75, 3.05) is 54.8 Å². The van der Waals surface area contributed by atoms with Gasteiger partial charge in [-0.05, 0) is 118 Å². The lowest BCUT2D eigenvalue weighted by molar-refractivity contribution is -0.141. The molecule has 336 valence electrons. The molecule has 0 saturated carbocycles. The summed E-state index contributed by atoms with van der Waals surface area (Å²) in [5.74, 6) is -0.549. The van der Waals surface area contributed by atoms with Crippen molar-refractivity contribution in [1.82, 2.24) is 0 Å². The van der Waals surface area contributed by atoms with Gasteiger partial charge in [-0.3, -0.25) is 21.3 Å². The highest BCUT2D eigenvalue weighted by molar-refractivity contribution is 5.87. The number of esters is 1. The second-order valence-corrected chi connectivity index (χ2v) is 14.9. The minimum absolute atomic E-state index is 0.0825. The van der Waals surface area contributed by atoms with Crippen LogP contribution in [0.2, 0.25) is 0 Å². The monoisotopic (exact) mass is 868 g/mol.